The number of anilines is 1. The van der Waals surface area contributed by atoms with Crippen molar-refractivity contribution < 1.29 is 22.8 Å². The van der Waals surface area contributed by atoms with Crippen LogP contribution < -0.4 is 21.9 Å². The summed E-state index contributed by atoms with van der Waals surface area (Å²) in [5.74, 6) is -3.59. The molecule has 11 heteroatoms. The molecule has 0 spiro atoms. The molecule has 1 aliphatic rings. The summed E-state index contributed by atoms with van der Waals surface area (Å²) in [5, 5.41) is 3.76. The van der Waals surface area contributed by atoms with E-state index in [2.05, 4.69) is 0 Å². The van der Waals surface area contributed by atoms with Crippen molar-refractivity contribution in [2.75, 3.05) is 5.32 Å². The van der Waals surface area contributed by atoms with Crippen LogP contribution >= 0.6 is 0 Å². The first kappa shape index (κ1) is 25.0. The summed E-state index contributed by atoms with van der Waals surface area (Å²) in [4.78, 5) is 53.1. The number of aromatic amines is 1. The van der Waals surface area contributed by atoms with Gasteiger partial charge in [-0.15, -0.1) is 0 Å². The lowest BCUT2D eigenvalue weighted by atomic mass is 9.86. The average molecular weight is 500 g/mol. The fourth-order valence-corrected chi connectivity index (χ4v) is 4.08. The predicted octanol–water partition coefficient (Wildman–Crippen LogP) is 3.27. The third-order valence-electron chi connectivity index (χ3n) is 6.09. The third kappa shape index (κ3) is 3.90. The number of aromatic nitrogens is 2. The lowest BCUT2D eigenvalue weighted by molar-refractivity contribution is -0.196. The lowest BCUT2D eigenvalue weighted by Crippen LogP contribution is -2.62. The van der Waals surface area contributed by atoms with Crippen LogP contribution in [0.25, 0.3) is 5.69 Å². The number of nitrogens with one attached hydrogen (secondary N) is 3. The number of carbonyl (C=O) groups is 2. The Morgan fingerprint density at radius 2 is 1.53 bits per heavy atom. The molecule has 0 radical (unpaired) electrons. The largest absolute Gasteiger partial charge is 0.425 e. The van der Waals surface area contributed by atoms with Crippen molar-refractivity contribution in [2.24, 2.45) is 0 Å². The van der Waals surface area contributed by atoms with Gasteiger partial charge < -0.3 is 10.6 Å². The van der Waals surface area contributed by atoms with Gasteiger partial charge in [0.25, 0.3) is 22.9 Å². The van der Waals surface area contributed by atoms with E-state index in [0.29, 0.717) is 0 Å². The normalized spacial score (nSPS) is 17.5. The molecular weight excluding hydrogens is 477 g/mol. The number of alkyl halides is 3. The van der Waals surface area contributed by atoms with Crippen molar-refractivity contribution in [2.45, 2.75) is 44.8 Å². The first-order valence-corrected chi connectivity index (χ1v) is 10.9. The van der Waals surface area contributed by atoms with Crippen LogP contribution in [0.2, 0.25) is 0 Å². The number of benzene rings is 2. The molecule has 36 heavy (non-hydrogen) atoms. The number of halogens is 3. The summed E-state index contributed by atoms with van der Waals surface area (Å²) in [6, 6.07) is 12.0. The van der Waals surface area contributed by atoms with Crippen molar-refractivity contribution >= 4 is 17.6 Å². The van der Waals surface area contributed by atoms with Crippen molar-refractivity contribution in [1.82, 2.24) is 14.9 Å². The Hall–Kier alpha value is -4.15. The van der Waals surface area contributed by atoms with Gasteiger partial charge in [-0.3, -0.25) is 19.4 Å². The highest BCUT2D eigenvalue weighted by atomic mass is 19.4. The topological polar surface area (TPSA) is 113 Å². The number of amides is 2. The van der Waals surface area contributed by atoms with Gasteiger partial charge in [-0.1, -0.05) is 50.6 Å². The highest BCUT2D eigenvalue weighted by Crippen LogP contribution is 2.45. The predicted molar refractivity (Wildman–Crippen MR) is 126 cm³/mol. The summed E-state index contributed by atoms with van der Waals surface area (Å²) in [6.07, 6.45) is -5.42. The summed E-state index contributed by atoms with van der Waals surface area (Å²) in [7, 11) is 0. The van der Waals surface area contributed by atoms with E-state index in [1.54, 1.807) is 36.5 Å². The van der Waals surface area contributed by atoms with E-state index in [9.17, 15) is 32.3 Å². The molecule has 1 atom stereocenters. The number of hydrogen-bond donors (Lipinski definition) is 3. The van der Waals surface area contributed by atoms with Crippen LogP contribution in [0.15, 0.2) is 58.1 Å². The Labute approximate surface area is 203 Å². The molecule has 1 aliphatic heterocycles. The molecule has 0 unspecified atom stereocenters. The van der Waals surface area contributed by atoms with Crippen LogP contribution in [0.3, 0.4) is 0 Å². The Balaban J connectivity index is 1.89. The molecule has 2 amide bonds. The molecular formula is C25H23F3N4O4. The maximum Gasteiger partial charge on any atom is 0.425 e. The van der Waals surface area contributed by atoms with E-state index in [0.717, 1.165) is 15.7 Å². The monoisotopic (exact) mass is 500 g/mol. The quantitative estimate of drug-likeness (QED) is 0.512. The maximum atomic E-state index is 14.6. The van der Waals surface area contributed by atoms with Gasteiger partial charge in [0.15, 0.2) is 0 Å². The zero-order valence-electron chi connectivity index (χ0n) is 19.8. The SMILES string of the molecule is Cc1ccc(-n2c3c(c(=O)[nH]c2=O)[C@](NC(=O)c2ccc(C(C)(C)C)cc2)(C(F)(F)F)C(=O)N3)cc1. The van der Waals surface area contributed by atoms with Gasteiger partial charge >= 0.3 is 11.9 Å². The van der Waals surface area contributed by atoms with Crippen LogP contribution in [-0.2, 0) is 15.7 Å². The Bertz CT molecular complexity index is 1480. The molecule has 8 nitrogen and oxygen atoms in total. The lowest BCUT2D eigenvalue weighted by Gasteiger charge is -2.30. The maximum absolute atomic E-state index is 14.6. The zero-order chi connectivity index (χ0) is 26.6. The molecule has 2 heterocycles. The molecule has 0 bridgehead atoms. The molecule has 4 rings (SSSR count). The standard InChI is InChI=1S/C25H23F3N4O4/c1-13-5-11-16(12-6-13)32-18-17(20(34)30-22(32)36)24(21(35)29-18,25(26,27)28)31-19(33)14-7-9-15(10-8-14)23(2,3)4/h5-12H,1-4H3,(H,29,35)(H,31,33)(H,30,34,36)/t24-/m1/s1. The van der Waals surface area contributed by atoms with E-state index < -0.39 is 46.2 Å². The van der Waals surface area contributed by atoms with Crippen LogP contribution in [-0.4, -0.2) is 27.5 Å². The second-order valence-electron chi connectivity index (χ2n) is 9.64. The molecule has 1 aromatic heterocycles. The van der Waals surface area contributed by atoms with Gasteiger partial charge in [0, 0.05) is 5.56 Å². The smallest absolute Gasteiger partial charge is 0.326 e. The number of carbonyl (C=O) groups excluding carboxylic acids is 2. The summed E-state index contributed by atoms with van der Waals surface area (Å²) in [5.41, 5.74) is -5.99. The molecule has 188 valence electrons. The Kier molecular flexibility index (Phi) is 5.69. The second-order valence-corrected chi connectivity index (χ2v) is 9.64. The Morgan fingerprint density at radius 3 is 2.06 bits per heavy atom. The molecule has 3 N–H and O–H groups in total. The number of fused-ring (bicyclic) bond motifs is 1. The first-order valence-electron chi connectivity index (χ1n) is 10.9. The zero-order valence-corrected chi connectivity index (χ0v) is 19.8. The number of nitrogens with zero attached hydrogens (tertiary/aromatic N) is 1. The Morgan fingerprint density at radius 1 is 0.944 bits per heavy atom. The fourth-order valence-electron chi connectivity index (χ4n) is 4.08. The van der Waals surface area contributed by atoms with Crippen molar-refractivity contribution in [3.05, 3.63) is 91.6 Å². The highest BCUT2D eigenvalue weighted by molar-refractivity contribution is 6.09. The van der Waals surface area contributed by atoms with Crippen LogP contribution in [0.4, 0.5) is 19.0 Å². The second kappa shape index (κ2) is 8.21. The minimum Gasteiger partial charge on any atom is -0.326 e. The molecule has 2 aromatic carbocycles. The van der Waals surface area contributed by atoms with Gasteiger partial charge in [-0.05, 0) is 42.2 Å². The van der Waals surface area contributed by atoms with Crippen LogP contribution in [0.1, 0.15) is 47.8 Å². The van der Waals surface area contributed by atoms with E-state index in [1.165, 1.54) is 24.3 Å². The van der Waals surface area contributed by atoms with Crippen molar-refractivity contribution in [1.29, 1.82) is 0 Å². The number of hydrogen-bond acceptors (Lipinski definition) is 4. The van der Waals surface area contributed by atoms with E-state index >= 15 is 0 Å². The van der Waals surface area contributed by atoms with E-state index in [1.807, 2.05) is 31.1 Å². The summed E-state index contributed by atoms with van der Waals surface area (Å²) in [6.45, 7) is 7.56. The van der Waals surface area contributed by atoms with Crippen LogP contribution in [0.5, 0.6) is 0 Å². The van der Waals surface area contributed by atoms with Gasteiger partial charge in [-0.25, -0.2) is 9.36 Å². The average Bonchev–Trinajstić information content (AvgIpc) is 3.07. The number of H-pyrrole nitrogens is 1. The first-order chi connectivity index (χ1) is 16.7. The van der Waals surface area contributed by atoms with Crippen molar-refractivity contribution in [3.63, 3.8) is 0 Å². The molecule has 0 fully saturated rings. The van der Waals surface area contributed by atoms with Gasteiger partial charge in [0.05, 0.1) is 5.69 Å². The van der Waals surface area contributed by atoms with Gasteiger partial charge in [0.1, 0.15) is 11.4 Å². The van der Waals surface area contributed by atoms with Gasteiger partial charge in [0.2, 0.25) is 0 Å². The number of rotatable bonds is 3. The third-order valence-corrected chi connectivity index (χ3v) is 6.09. The number of aryl methyl sites for hydroxylation is 1. The molecule has 0 saturated heterocycles. The van der Waals surface area contributed by atoms with E-state index in [4.69, 9.17) is 0 Å². The fraction of sp³-hybridized carbons (Fsp3) is 0.280. The van der Waals surface area contributed by atoms with Crippen molar-refractivity contribution in [3.8, 4) is 5.69 Å². The molecule has 3 aromatic rings. The molecule has 0 aliphatic carbocycles. The molecule has 0 saturated carbocycles. The van der Waals surface area contributed by atoms with Crippen LogP contribution in [0, 0.1) is 6.92 Å². The van der Waals surface area contributed by atoms with Gasteiger partial charge in [-0.2, -0.15) is 13.2 Å². The minimum atomic E-state index is -5.42. The minimum absolute atomic E-state index is 0.112. The summed E-state index contributed by atoms with van der Waals surface area (Å²) < 4.78 is 44.5. The van der Waals surface area contributed by atoms with E-state index in [-0.39, 0.29) is 16.7 Å². The summed E-state index contributed by atoms with van der Waals surface area (Å²) >= 11 is 0. The highest BCUT2D eigenvalue weighted by Gasteiger charge is 2.68.